The monoisotopic (exact) mass is 310 g/mol. The van der Waals surface area contributed by atoms with Gasteiger partial charge in [-0.3, -0.25) is 9.59 Å². The zero-order valence-electron chi connectivity index (χ0n) is 13.1. The van der Waals surface area contributed by atoms with Crippen molar-refractivity contribution in [3.63, 3.8) is 0 Å². The lowest BCUT2D eigenvalue weighted by molar-refractivity contribution is -0.130. The Hall–Kier alpha value is -1.55. The van der Waals surface area contributed by atoms with Crippen LogP contribution in [0.25, 0.3) is 0 Å². The van der Waals surface area contributed by atoms with Crippen molar-refractivity contribution in [3.05, 3.63) is 28.8 Å². The van der Waals surface area contributed by atoms with Crippen LogP contribution in [0, 0.1) is 6.92 Å². The van der Waals surface area contributed by atoms with Crippen molar-refractivity contribution in [1.29, 1.82) is 0 Å². The fourth-order valence-electron chi connectivity index (χ4n) is 2.02. The van der Waals surface area contributed by atoms with Gasteiger partial charge in [0, 0.05) is 31.2 Å². The molecule has 0 aliphatic rings. The molecule has 0 radical (unpaired) electrons. The average molecular weight is 311 g/mol. The number of halogens is 1. The number of aryl methyl sites for hydroxylation is 1. The van der Waals surface area contributed by atoms with E-state index in [1.165, 1.54) is 11.8 Å². The maximum atomic E-state index is 12.2. The van der Waals surface area contributed by atoms with Gasteiger partial charge in [-0.15, -0.1) is 0 Å². The highest BCUT2D eigenvalue weighted by Gasteiger charge is 2.19. The molecule has 0 spiro atoms. The molecule has 5 heteroatoms. The van der Waals surface area contributed by atoms with Crippen molar-refractivity contribution in [2.75, 3.05) is 25.0 Å². The third-order valence-corrected chi connectivity index (χ3v) is 3.64. The lowest BCUT2D eigenvalue weighted by atomic mass is 10.1. The van der Waals surface area contributed by atoms with Gasteiger partial charge in [0.2, 0.25) is 11.8 Å². The standard InChI is InChI=1S/C16H23ClN2O2/c1-5-6-9-18(4)16(21)11-19(13(3)20)15-10-14(17)8-7-12(15)2/h7-8,10H,5-6,9,11H2,1-4H3. The van der Waals surface area contributed by atoms with Gasteiger partial charge in [0.25, 0.3) is 0 Å². The van der Waals surface area contributed by atoms with Crippen LogP contribution in [0.4, 0.5) is 5.69 Å². The second kappa shape index (κ2) is 8.03. The molecule has 21 heavy (non-hydrogen) atoms. The van der Waals surface area contributed by atoms with Crippen molar-refractivity contribution >= 4 is 29.1 Å². The summed E-state index contributed by atoms with van der Waals surface area (Å²) in [6, 6.07) is 5.34. The Kier molecular flexibility index (Phi) is 6.69. The Morgan fingerprint density at radius 3 is 2.52 bits per heavy atom. The summed E-state index contributed by atoms with van der Waals surface area (Å²) in [4.78, 5) is 27.3. The number of nitrogens with zero attached hydrogens (tertiary/aromatic N) is 2. The van der Waals surface area contributed by atoms with E-state index >= 15 is 0 Å². The first-order valence-electron chi connectivity index (χ1n) is 7.15. The molecule has 0 bridgehead atoms. The Morgan fingerprint density at radius 2 is 1.95 bits per heavy atom. The Labute approximate surface area is 131 Å². The molecule has 0 saturated heterocycles. The van der Waals surface area contributed by atoms with E-state index in [-0.39, 0.29) is 18.4 Å². The van der Waals surface area contributed by atoms with Gasteiger partial charge in [-0.1, -0.05) is 31.0 Å². The SMILES string of the molecule is CCCCN(C)C(=O)CN(C(C)=O)c1cc(Cl)ccc1C. The average Bonchev–Trinajstić information content (AvgIpc) is 2.44. The molecule has 1 rings (SSSR count). The summed E-state index contributed by atoms with van der Waals surface area (Å²) in [6.07, 6.45) is 1.99. The van der Waals surface area contributed by atoms with Crippen LogP contribution < -0.4 is 4.90 Å². The van der Waals surface area contributed by atoms with Crippen LogP contribution >= 0.6 is 11.6 Å². The first-order valence-corrected chi connectivity index (χ1v) is 7.52. The van der Waals surface area contributed by atoms with Crippen molar-refractivity contribution in [2.24, 2.45) is 0 Å². The van der Waals surface area contributed by atoms with Gasteiger partial charge in [-0.2, -0.15) is 0 Å². The van der Waals surface area contributed by atoms with E-state index in [2.05, 4.69) is 6.92 Å². The molecule has 116 valence electrons. The molecule has 1 aromatic rings. The smallest absolute Gasteiger partial charge is 0.242 e. The molecule has 0 unspecified atom stereocenters. The number of benzene rings is 1. The molecule has 0 atom stereocenters. The Morgan fingerprint density at radius 1 is 1.29 bits per heavy atom. The summed E-state index contributed by atoms with van der Waals surface area (Å²) in [7, 11) is 1.77. The second-order valence-corrected chi connectivity index (χ2v) is 5.64. The molecule has 0 N–H and O–H groups in total. The van der Waals surface area contributed by atoms with Crippen LogP contribution in [-0.4, -0.2) is 36.9 Å². The summed E-state index contributed by atoms with van der Waals surface area (Å²) < 4.78 is 0. The molecule has 4 nitrogen and oxygen atoms in total. The third-order valence-electron chi connectivity index (χ3n) is 3.41. The van der Waals surface area contributed by atoms with Crippen LogP contribution in [0.1, 0.15) is 32.3 Å². The molecule has 0 aromatic heterocycles. The first-order chi connectivity index (χ1) is 9.86. The van der Waals surface area contributed by atoms with E-state index in [9.17, 15) is 9.59 Å². The number of hydrogen-bond donors (Lipinski definition) is 0. The normalized spacial score (nSPS) is 10.3. The number of rotatable bonds is 6. The molecular weight excluding hydrogens is 288 g/mol. The summed E-state index contributed by atoms with van der Waals surface area (Å²) in [6.45, 7) is 6.17. The van der Waals surface area contributed by atoms with Crippen LogP contribution in [0.3, 0.4) is 0 Å². The second-order valence-electron chi connectivity index (χ2n) is 5.20. The molecule has 0 aliphatic heterocycles. The first kappa shape index (κ1) is 17.5. The Balaban J connectivity index is 2.90. The lowest BCUT2D eigenvalue weighted by Crippen LogP contribution is -2.41. The maximum absolute atomic E-state index is 12.2. The van der Waals surface area contributed by atoms with Crippen LogP contribution in [0.5, 0.6) is 0 Å². The van der Waals surface area contributed by atoms with E-state index in [0.29, 0.717) is 17.3 Å². The molecule has 0 saturated carbocycles. The van der Waals surface area contributed by atoms with Crippen LogP contribution in [0.2, 0.25) is 5.02 Å². The van der Waals surface area contributed by atoms with Gasteiger partial charge in [0.1, 0.15) is 6.54 Å². The van der Waals surface area contributed by atoms with Gasteiger partial charge in [0.05, 0.1) is 0 Å². The van der Waals surface area contributed by atoms with E-state index in [1.807, 2.05) is 13.0 Å². The summed E-state index contributed by atoms with van der Waals surface area (Å²) in [5.74, 6) is -0.240. The van der Waals surface area contributed by atoms with Gasteiger partial charge in [-0.25, -0.2) is 0 Å². The van der Waals surface area contributed by atoms with Gasteiger partial charge >= 0.3 is 0 Å². The molecule has 0 aliphatic carbocycles. The lowest BCUT2D eigenvalue weighted by Gasteiger charge is -2.25. The zero-order valence-corrected chi connectivity index (χ0v) is 13.9. The van der Waals surface area contributed by atoms with Gasteiger partial charge in [0.15, 0.2) is 0 Å². The minimum Gasteiger partial charge on any atom is -0.344 e. The largest absolute Gasteiger partial charge is 0.344 e. The summed E-state index contributed by atoms with van der Waals surface area (Å²) >= 11 is 6.00. The number of hydrogen-bond acceptors (Lipinski definition) is 2. The van der Waals surface area contributed by atoms with Crippen LogP contribution in [-0.2, 0) is 9.59 Å². The molecule has 2 amide bonds. The highest BCUT2D eigenvalue weighted by atomic mass is 35.5. The quantitative estimate of drug-likeness (QED) is 0.809. The molecular formula is C16H23ClN2O2. The summed E-state index contributed by atoms with van der Waals surface area (Å²) in [5, 5.41) is 0.550. The fraction of sp³-hybridized carbons (Fsp3) is 0.500. The molecule has 0 heterocycles. The van der Waals surface area contributed by atoms with Crippen molar-refractivity contribution in [1.82, 2.24) is 4.90 Å². The number of carbonyl (C=O) groups is 2. The van der Waals surface area contributed by atoms with E-state index < -0.39 is 0 Å². The number of carbonyl (C=O) groups excluding carboxylic acids is 2. The van der Waals surface area contributed by atoms with E-state index in [1.54, 1.807) is 24.1 Å². The predicted octanol–water partition coefficient (Wildman–Crippen LogP) is 3.26. The van der Waals surface area contributed by atoms with Crippen molar-refractivity contribution in [3.8, 4) is 0 Å². The van der Waals surface area contributed by atoms with E-state index in [4.69, 9.17) is 11.6 Å². The molecule has 1 aromatic carbocycles. The van der Waals surface area contributed by atoms with Crippen LogP contribution in [0.15, 0.2) is 18.2 Å². The number of anilines is 1. The minimum absolute atomic E-state index is 0.0384. The summed E-state index contributed by atoms with van der Waals surface area (Å²) in [5.41, 5.74) is 1.60. The van der Waals surface area contributed by atoms with Crippen molar-refractivity contribution in [2.45, 2.75) is 33.6 Å². The molecule has 0 fully saturated rings. The highest BCUT2D eigenvalue weighted by Crippen LogP contribution is 2.24. The van der Waals surface area contributed by atoms with Gasteiger partial charge in [-0.05, 0) is 31.0 Å². The third kappa shape index (κ3) is 5.05. The Bertz CT molecular complexity index is 517. The zero-order chi connectivity index (χ0) is 16.0. The number of likely N-dealkylation sites (N-methyl/N-ethyl adjacent to an activating group) is 1. The maximum Gasteiger partial charge on any atom is 0.242 e. The number of amides is 2. The fourth-order valence-corrected chi connectivity index (χ4v) is 2.18. The predicted molar refractivity (Wildman–Crippen MR) is 86.8 cm³/mol. The van der Waals surface area contributed by atoms with Crippen molar-refractivity contribution < 1.29 is 9.59 Å². The number of unbranched alkanes of at least 4 members (excludes halogenated alkanes) is 1. The minimum atomic E-state index is -0.169. The topological polar surface area (TPSA) is 40.6 Å². The highest BCUT2D eigenvalue weighted by molar-refractivity contribution is 6.31. The van der Waals surface area contributed by atoms with E-state index in [0.717, 1.165) is 18.4 Å². The van der Waals surface area contributed by atoms with Gasteiger partial charge < -0.3 is 9.80 Å².